The molecule has 1 aromatic rings. The Morgan fingerprint density at radius 3 is 2.93 bits per heavy atom. The molecule has 0 spiro atoms. The van der Waals surface area contributed by atoms with Crippen LogP contribution in [0.15, 0.2) is 6.07 Å². The molecule has 0 aromatic carbocycles. The fourth-order valence-electron chi connectivity index (χ4n) is 1.05. The van der Waals surface area contributed by atoms with Gasteiger partial charge in [0, 0.05) is 30.6 Å². The lowest BCUT2D eigenvalue weighted by molar-refractivity contribution is 0.196. The average molecular weight is 216 g/mol. The lowest BCUT2D eigenvalue weighted by Crippen LogP contribution is -2.22. The van der Waals surface area contributed by atoms with Gasteiger partial charge in [0.15, 0.2) is 0 Å². The second kappa shape index (κ2) is 5.95. The van der Waals surface area contributed by atoms with Gasteiger partial charge in [-0.3, -0.25) is 0 Å². The predicted molar refractivity (Wildman–Crippen MR) is 57.0 cm³/mol. The molecule has 0 bridgehead atoms. The molecule has 0 saturated carbocycles. The fraction of sp³-hybridized carbons (Fsp3) is 0.667. The number of hydrogen-bond donors (Lipinski definition) is 1. The molecule has 0 saturated heterocycles. The van der Waals surface area contributed by atoms with Crippen LogP contribution >= 0.6 is 11.5 Å². The molecule has 0 fully saturated rings. The number of hydrogen-bond acceptors (Lipinski definition) is 5. The molecule has 1 heterocycles. The third-order valence-corrected chi connectivity index (χ3v) is 2.85. The Balaban J connectivity index is 2.39. The largest absolute Gasteiger partial charge is 0.480 e. The standard InChI is InChI=1S/C9H16N2O2S/c1-7(10-4-5-12-2)8-6-9(13-3)11-14-8/h6-7,10H,4-5H2,1-3H3. The fourth-order valence-corrected chi connectivity index (χ4v) is 1.77. The van der Waals surface area contributed by atoms with Crippen LogP contribution < -0.4 is 10.1 Å². The molecule has 1 atom stereocenters. The van der Waals surface area contributed by atoms with Crippen molar-refractivity contribution in [2.75, 3.05) is 27.4 Å². The van der Waals surface area contributed by atoms with Crippen LogP contribution in [0.4, 0.5) is 0 Å². The first-order valence-corrected chi connectivity index (χ1v) is 5.28. The quantitative estimate of drug-likeness (QED) is 0.731. The van der Waals surface area contributed by atoms with Crippen molar-refractivity contribution in [3.63, 3.8) is 0 Å². The first-order valence-electron chi connectivity index (χ1n) is 4.51. The van der Waals surface area contributed by atoms with Gasteiger partial charge in [0.05, 0.1) is 13.7 Å². The molecule has 1 unspecified atom stereocenters. The van der Waals surface area contributed by atoms with Crippen LogP contribution in [0.25, 0.3) is 0 Å². The topological polar surface area (TPSA) is 43.4 Å². The molecule has 0 radical (unpaired) electrons. The van der Waals surface area contributed by atoms with Crippen molar-refractivity contribution < 1.29 is 9.47 Å². The summed E-state index contributed by atoms with van der Waals surface area (Å²) in [6.45, 7) is 3.67. The van der Waals surface area contributed by atoms with Crippen LogP contribution in [-0.4, -0.2) is 31.7 Å². The first kappa shape index (κ1) is 11.4. The van der Waals surface area contributed by atoms with Crippen molar-refractivity contribution in [1.82, 2.24) is 9.69 Å². The first-order chi connectivity index (χ1) is 6.77. The van der Waals surface area contributed by atoms with Crippen LogP contribution in [0.5, 0.6) is 5.88 Å². The Bertz CT molecular complexity index is 265. The summed E-state index contributed by atoms with van der Waals surface area (Å²) in [5.41, 5.74) is 0. The average Bonchev–Trinajstić information content (AvgIpc) is 2.66. The van der Waals surface area contributed by atoms with Crippen molar-refractivity contribution in [2.24, 2.45) is 0 Å². The Morgan fingerprint density at radius 1 is 1.57 bits per heavy atom. The van der Waals surface area contributed by atoms with Gasteiger partial charge in [0.25, 0.3) is 0 Å². The van der Waals surface area contributed by atoms with Crippen molar-refractivity contribution >= 4 is 11.5 Å². The molecule has 14 heavy (non-hydrogen) atoms. The van der Waals surface area contributed by atoms with Crippen molar-refractivity contribution in [1.29, 1.82) is 0 Å². The summed E-state index contributed by atoms with van der Waals surface area (Å²) in [7, 11) is 3.32. The lowest BCUT2D eigenvalue weighted by Gasteiger charge is -2.10. The zero-order valence-electron chi connectivity index (χ0n) is 8.74. The van der Waals surface area contributed by atoms with E-state index in [0.29, 0.717) is 11.9 Å². The number of methoxy groups -OCH3 is 2. The molecular formula is C9H16N2O2S. The molecular weight excluding hydrogens is 200 g/mol. The minimum atomic E-state index is 0.298. The Hall–Kier alpha value is -0.650. The zero-order valence-corrected chi connectivity index (χ0v) is 9.56. The highest BCUT2D eigenvalue weighted by Gasteiger charge is 2.08. The number of aromatic nitrogens is 1. The van der Waals surface area contributed by atoms with Gasteiger partial charge in [0.1, 0.15) is 0 Å². The van der Waals surface area contributed by atoms with E-state index in [1.54, 1.807) is 14.2 Å². The second-order valence-electron chi connectivity index (χ2n) is 2.94. The monoisotopic (exact) mass is 216 g/mol. The Labute approximate surface area is 88.4 Å². The normalized spacial score (nSPS) is 12.8. The number of ether oxygens (including phenoxy) is 2. The van der Waals surface area contributed by atoms with Crippen LogP contribution in [0, 0.1) is 0 Å². The van der Waals surface area contributed by atoms with Gasteiger partial charge in [-0.25, -0.2) is 0 Å². The maximum atomic E-state index is 5.02. The number of nitrogens with zero attached hydrogens (tertiary/aromatic N) is 1. The molecule has 1 aromatic heterocycles. The van der Waals surface area contributed by atoms with E-state index in [0.717, 1.165) is 13.2 Å². The van der Waals surface area contributed by atoms with Gasteiger partial charge in [0.2, 0.25) is 5.88 Å². The maximum absolute atomic E-state index is 5.02. The van der Waals surface area contributed by atoms with E-state index in [1.807, 2.05) is 6.07 Å². The van der Waals surface area contributed by atoms with Crippen molar-refractivity contribution in [3.8, 4) is 5.88 Å². The molecule has 0 aliphatic rings. The Morgan fingerprint density at radius 2 is 2.36 bits per heavy atom. The van der Waals surface area contributed by atoms with Gasteiger partial charge in [-0.15, -0.1) is 0 Å². The maximum Gasteiger partial charge on any atom is 0.225 e. The van der Waals surface area contributed by atoms with Crippen molar-refractivity contribution in [2.45, 2.75) is 13.0 Å². The predicted octanol–water partition coefficient (Wildman–Crippen LogP) is 1.45. The smallest absolute Gasteiger partial charge is 0.225 e. The van der Waals surface area contributed by atoms with Gasteiger partial charge >= 0.3 is 0 Å². The summed E-state index contributed by atoms with van der Waals surface area (Å²) >= 11 is 1.46. The third-order valence-electron chi connectivity index (χ3n) is 1.90. The van der Waals surface area contributed by atoms with Gasteiger partial charge in [-0.2, -0.15) is 4.37 Å². The van der Waals surface area contributed by atoms with Gasteiger partial charge in [-0.05, 0) is 18.5 Å². The van der Waals surface area contributed by atoms with E-state index < -0.39 is 0 Å². The van der Waals surface area contributed by atoms with E-state index in [4.69, 9.17) is 9.47 Å². The Kier molecular flexibility index (Phi) is 4.86. The van der Waals surface area contributed by atoms with Crippen molar-refractivity contribution in [3.05, 3.63) is 10.9 Å². The van der Waals surface area contributed by atoms with E-state index in [9.17, 15) is 0 Å². The van der Waals surface area contributed by atoms with Gasteiger partial charge < -0.3 is 14.8 Å². The molecule has 1 rings (SSSR count). The van der Waals surface area contributed by atoms with Crippen LogP contribution in [-0.2, 0) is 4.74 Å². The van der Waals surface area contributed by atoms with E-state index >= 15 is 0 Å². The highest BCUT2D eigenvalue weighted by molar-refractivity contribution is 7.06. The van der Waals surface area contributed by atoms with E-state index in [1.165, 1.54) is 16.4 Å². The minimum Gasteiger partial charge on any atom is -0.480 e. The van der Waals surface area contributed by atoms with Crippen LogP contribution in [0.3, 0.4) is 0 Å². The summed E-state index contributed by atoms with van der Waals surface area (Å²) in [5, 5.41) is 3.33. The molecule has 4 nitrogen and oxygen atoms in total. The number of rotatable bonds is 6. The lowest BCUT2D eigenvalue weighted by atomic mass is 10.3. The molecule has 0 aliphatic carbocycles. The highest BCUT2D eigenvalue weighted by Crippen LogP contribution is 2.22. The summed E-state index contributed by atoms with van der Waals surface area (Å²) in [6.07, 6.45) is 0. The summed E-state index contributed by atoms with van der Waals surface area (Å²) in [4.78, 5) is 1.18. The van der Waals surface area contributed by atoms with E-state index in [2.05, 4.69) is 16.6 Å². The SMILES string of the molecule is COCCNC(C)c1cc(OC)ns1. The van der Waals surface area contributed by atoms with E-state index in [-0.39, 0.29) is 0 Å². The molecule has 0 aliphatic heterocycles. The molecule has 80 valence electrons. The molecule has 1 N–H and O–H groups in total. The summed E-state index contributed by atoms with van der Waals surface area (Å²) in [6, 6.07) is 2.25. The number of nitrogens with one attached hydrogen (secondary N) is 1. The van der Waals surface area contributed by atoms with Gasteiger partial charge in [-0.1, -0.05) is 0 Å². The third kappa shape index (κ3) is 3.25. The highest BCUT2D eigenvalue weighted by atomic mass is 32.1. The van der Waals surface area contributed by atoms with Crippen LogP contribution in [0.2, 0.25) is 0 Å². The molecule has 0 amide bonds. The van der Waals surface area contributed by atoms with Crippen LogP contribution in [0.1, 0.15) is 17.8 Å². The molecule has 5 heteroatoms. The summed E-state index contributed by atoms with van der Waals surface area (Å²) in [5.74, 6) is 0.686. The zero-order chi connectivity index (χ0) is 10.4. The second-order valence-corrected chi connectivity index (χ2v) is 3.78. The minimum absolute atomic E-state index is 0.298. The summed E-state index contributed by atoms with van der Waals surface area (Å²) < 4.78 is 14.1.